The van der Waals surface area contributed by atoms with Crippen molar-refractivity contribution in [3.8, 4) is 0 Å². The van der Waals surface area contributed by atoms with Gasteiger partial charge in [0.1, 0.15) is 0 Å². The smallest absolute Gasteiger partial charge is 0.0162 e. The number of hydrogen-bond acceptors (Lipinski definition) is 2. The molecule has 6 aromatic rings. The normalized spacial score (nSPS) is 14.3. The number of rotatable bonds is 2. The van der Waals surface area contributed by atoms with E-state index in [9.17, 15) is 0 Å². The van der Waals surface area contributed by atoms with E-state index in [2.05, 4.69) is 120 Å². The van der Waals surface area contributed by atoms with Crippen molar-refractivity contribution in [1.29, 1.82) is 0 Å². The first-order valence-corrected chi connectivity index (χ1v) is 22.6. The summed E-state index contributed by atoms with van der Waals surface area (Å²) in [6.07, 6.45) is 5.34. The van der Waals surface area contributed by atoms with Gasteiger partial charge in [-0.1, -0.05) is 93.6 Å². The SMILES string of the molecule is C[Si](C)=[Hf+2].[Cl-].[Cl-].c1ccc2c(c1)ccc1cc(N3CCCC3)[cH-]c12.c1ccc2c(c1)ccc1cc(N3CCCC3)[cH-]c12. The van der Waals surface area contributed by atoms with E-state index in [1.165, 1.54) is 129 Å². The summed E-state index contributed by atoms with van der Waals surface area (Å²) in [6, 6.07) is 35.7. The molecule has 2 aliphatic rings. The van der Waals surface area contributed by atoms with Gasteiger partial charge in [-0.15, -0.1) is 57.9 Å². The Balaban J connectivity index is 0.000000165. The van der Waals surface area contributed by atoms with Gasteiger partial charge in [-0.3, -0.25) is 0 Å². The van der Waals surface area contributed by atoms with Crippen LogP contribution in [0.1, 0.15) is 25.7 Å². The first-order chi connectivity index (χ1) is 19.6. The Bertz CT molecular complexity index is 1650. The molecule has 2 nitrogen and oxygen atoms in total. The Morgan fingerprint density at radius 3 is 1.26 bits per heavy atom. The molecule has 0 unspecified atom stereocenters. The maximum Gasteiger partial charge on any atom is 0.0162 e. The Labute approximate surface area is 277 Å². The molecule has 42 heavy (non-hydrogen) atoms. The Morgan fingerprint density at radius 1 is 0.548 bits per heavy atom. The molecule has 0 aliphatic carbocycles. The standard InChI is InChI=1S/2C17H16N.C2H6Si.2ClH.Hf/c2*1-2-6-16-13(5-1)7-8-14-11-15(12-17(14)16)18-9-3-4-10-18;1-3-2;;;/h2*1-2,5-8,11-12H,3-4,9-10H2;1-2H3;2*1H;/q2*-1;;;;+2/p-2. The zero-order chi connectivity index (χ0) is 27.5. The van der Waals surface area contributed by atoms with Gasteiger partial charge in [0.05, 0.1) is 0 Å². The van der Waals surface area contributed by atoms with Crippen molar-refractivity contribution >= 4 is 60.0 Å². The third kappa shape index (κ3) is 7.33. The summed E-state index contributed by atoms with van der Waals surface area (Å²) in [5, 5.41) is 11.0. The topological polar surface area (TPSA) is 6.48 Å². The number of halogens is 2. The molecule has 0 amide bonds. The van der Waals surface area contributed by atoms with Crippen LogP contribution < -0.4 is 34.6 Å². The van der Waals surface area contributed by atoms with Gasteiger partial charge in [0.2, 0.25) is 0 Å². The fourth-order valence-electron chi connectivity index (χ4n) is 6.21. The van der Waals surface area contributed by atoms with E-state index in [1.807, 2.05) is 0 Å². The van der Waals surface area contributed by atoms with Gasteiger partial charge in [-0.25, -0.2) is 0 Å². The summed E-state index contributed by atoms with van der Waals surface area (Å²) >= 11 is 1.45. The molecule has 6 heteroatoms. The first-order valence-electron chi connectivity index (χ1n) is 14.7. The summed E-state index contributed by atoms with van der Waals surface area (Å²) < 4.78 is 0. The van der Waals surface area contributed by atoms with E-state index < -0.39 is 0 Å². The molecule has 0 radical (unpaired) electrons. The van der Waals surface area contributed by atoms with Gasteiger partial charge in [0.25, 0.3) is 0 Å². The Hall–Kier alpha value is -2.11. The molecule has 0 aromatic heterocycles. The molecule has 2 aliphatic heterocycles. The zero-order valence-electron chi connectivity index (χ0n) is 24.5. The average molecular weight is 776 g/mol. The Kier molecular flexibility index (Phi) is 11.8. The van der Waals surface area contributed by atoms with Gasteiger partial charge in [-0.05, 0) is 25.7 Å². The quantitative estimate of drug-likeness (QED) is 0.197. The monoisotopic (exact) mass is 776 g/mol. The first kappa shape index (κ1) is 32.8. The van der Waals surface area contributed by atoms with Crippen LogP contribution in [-0.4, -0.2) is 31.7 Å². The third-order valence-corrected chi connectivity index (χ3v) is 8.14. The molecule has 6 aromatic carbocycles. The van der Waals surface area contributed by atoms with E-state index in [0.717, 1.165) is 0 Å². The largest absolute Gasteiger partial charge is 1.00 e. The number of nitrogens with zero attached hydrogens (tertiary/aromatic N) is 2. The molecule has 2 fully saturated rings. The summed E-state index contributed by atoms with van der Waals surface area (Å²) in [5.41, 5.74) is 3.06. The summed E-state index contributed by atoms with van der Waals surface area (Å²) in [4.78, 5) is 5.02. The fourth-order valence-corrected chi connectivity index (χ4v) is 6.21. The van der Waals surface area contributed by atoms with Crippen LogP contribution in [0, 0.1) is 0 Å². The molecule has 8 rings (SSSR count). The molecular formula is C36H38Cl2HfN2Si-2. The van der Waals surface area contributed by atoms with Crippen molar-refractivity contribution in [3.05, 3.63) is 97.1 Å². The van der Waals surface area contributed by atoms with Crippen LogP contribution in [0.25, 0.3) is 43.1 Å². The van der Waals surface area contributed by atoms with E-state index in [4.69, 9.17) is 0 Å². The molecular weight excluding hydrogens is 738 g/mol. The molecule has 0 bridgehead atoms. The fraction of sp³-hybridized carbons (Fsp3) is 0.278. The van der Waals surface area contributed by atoms with Gasteiger partial charge >= 0.3 is 41.6 Å². The van der Waals surface area contributed by atoms with Crippen molar-refractivity contribution < 1.29 is 47.8 Å². The molecule has 2 heterocycles. The van der Waals surface area contributed by atoms with Crippen LogP contribution in [0.5, 0.6) is 0 Å². The molecule has 216 valence electrons. The summed E-state index contributed by atoms with van der Waals surface area (Å²) in [5.74, 6) is 0. The zero-order valence-corrected chi connectivity index (χ0v) is 30.6. The van der Waals surface area contributed by atoms with E-state index in [-0.39, 0.29) is 30.3 Å². The van der Waals surface area contributed by atoms with Crippen molar-refractivity contribution in [2.45, 2.75) is 38.8 Å². The number of hydrogen-bond donors (Lipinski definition) is 0. The van der Waals surface area contributed by atoms with Crippen LogP contribution in [-0.2, 0) is 23.0 Å². The van der Waals surface area contributed by atoms with Crippen molar-refractivity contribution in [3.63, 3.8) is 0 Å². The average Bonchev–Trinajstić information content (AvgIpc) is 3.79. The second kappa shape index (κ2) is 15.1. The minimum absolute atomic E-state index is 0. The van der Waals surface area contributed by atoms with Gasteiger partial charge in [-0.2, -0.15) is 0 Å². The van der Waals surface area contributed by atoms with Crippen LogP contribution in [0.15, 0.2) is 97.1 Å². The van der Waals surface area contributed by atoms with E-state index in [1.54, 1.807) is 0 Å². The minimum Gasteiger partial charge on any atom is -1.00 e. The molecule has 0 N–H and O–H groups in total. The van der Waals surface area contributed by atoms with Crippen LogP contribution in [0.4, 0.5) is 11.4 Å². The van der Waals surface area contributed by atoms with Crippen LogP contribution in [0.2, 0.25) is 13.1 Å². The Morgan fingerprint density at radius 2 is 0.881 bits per heavy atom. The van der Waals surface area contributed by atoms with Crippen molar-refractivity contribution in [2.75, 3.05) is 36.0 Å². The third-order valence-electron chi connectivity index (χ3n) is 8.14. The molecule has 0 spiro atoms. The molecule has 0 atom stereocenters. The van der Waals surface area contributed by atoms with Gasteiger partial charge in [0.15, 0.2) is 0 Å². The van der Waals surface area contributed by atoms with Crippen LogP contribution in [0.3, 0.4) is 0 Å². The van der Waals surface area contributed by atoms with E-state index in [0.29, 0.717) is 0 Å². The minimum atomic E-state index is 0. The number of fused-ring (bicyclic) bond motifs is 6. The van der Waals surface area contributed by atoms with Crippen LogP contribution >= 0.6 is 0 Å². The predicted molar refractivity (Wildman–Crippen MR) is 174 cm³/mol. The van der Waals surface area contributed by atoms with Gasteiger partial charge < -0.3 is 34.6 Å². The molecule has 2 saturated heterocycles. The summed E-state index contributed by atoms with van der Waals surface area (Å²) in [7, 11) is 0. The van der Waals surface area contributed by atoms with Crippen molar-refractivity contribution in [2.24, 2.45) is 0 Å². The van der Waals surface area contributed by atoms with E-state index >= 15 is 0 Å². The number of benzene rings is 4. The predicted octanol–water partition coefficient (Wildman–Crippen LogP) is 3.42. The number of anilines is 2. The van der Waals surface area contributed by atoms with Crippen molar-refractivity contribution in [1.82, 2.24) is 0 Å². The maximum absolute atomic E-state index is 2.51. The maximum atomic E-state index is 2.51. The summed E-state index contributed by atoms with van der Waals surface area (Å²) in [6.45, 7) is 9.53. The van der Waals surface area contributed by atoms with Gasteiger partial charge in [0, 0.05) is 26.2 Å². The second-order valence-electron chi connectivity index (χ2n) is 11.4. The second-order valence-corrected chi connectivity index (χ2v) is 24.2. The molecule has 0 saturated carbocycles.